The van der Waals surface area contributed by atoms with Crippen molar-refractivity contribution in [3.63, 3.8) is 0 Å². The zero-order valence-electron chi connectivity index (χ0n) is 18.3. The molecule has 0 unspecified atom stereocenters. The zero-order valence-corrected chi connectivity index (χ0v) is 18.3. The van der Waals surface area contributed by atoms with Gasteiger partial charge in [0.15, 0.2) is 0 Å². The number of rotatable bonds is 5. The first-order valence-electron chi connectivity index (χ1n) is 10.6. The summed E-state index contributed by atoms with van der Waals surface area (Å²) in [6, 6.07) is 21.2. The molecule has 7 nitrogen and oxygen atoms in total. The molecule has 0 bridgehead atoms. The van der Waals surface area contributed by atoms with E-state index in [4.69, 9.17) is 0 Å². The molecule has 0 spiro atoms. The van der Waals surface area contributed by atoms with Gasteiger partial charge < -0.3 is 15.2 Å². The van der Waals surface area contributed by atoms with Crippen molar-refractivity contribution < 1.29 is 4.79 Å². The number of pyridine rings is 1. The molecule has 7 heteroatoms. The highest BCUT2D eigenvalue weighted by Gasteiger charge is 2.14. The van der Waals surface area contributed by atoms with Crippen molar-refractivity contribution in [3.8, 4) is 11.3 Å². The summed E-state index contributed by atoms with van der Waals surface area (Å²) in [7, 11) is 1.89. The van der Waals surface area contributed by atoms with Gasteiger partial charge in [0.05, 0.1) is 5.69 Å². The third-order valence-electron chi connectivity index (χ3n) is 5.54. The van der Waals surface area contributed by atoms with Crippen LogP contribution in [0.2, 0.25) is 0 Å². The van der Waals surface area contributed by atoms with Crippen molar-refractivity contribution in [3.05, 3.63) is 96.6 Å². The van der Waals surface area contributed by atoms with Crippen LogP contribution in [0.3, 0.4) is 0 Å². The maximum Gasteiger partial charge on any atom is 0.272 e. The number of aromatic nitrogens is 4. The fourth-order valence-corrected chi connectivity index (χ4v) is 3.75. The second-order valence-corrected chi connectivity index (χ2v) is 7.76. The first-order valence-corrected chi connectivity index (χ1v) is 10.6. The molecule has 3 heterocycles. The van der Waals surface area contributed by atoms with E-state index in [-0.39, 0.29) is 5.91 Å². The molecule has 1 amide bonds. The van der Waals surface area contributed by atoms with E-state index >= 15 is 0 Å². The summed E-state index contributed by atoms with van der Waals surface area (Å²) in [5.41, 5.74) is 5.80. The molecule has 2 aromatic carbocycles. The Kier molecular flexibility index (Phi) is 5.28. The van der Waals surface area contributed by atoms with Crippen molar-refractivity contribution in [2.24, 2.45) is 7.05 Å². The summed E-state index contributed by atoms with van der Waals surface area (Å²) >= 11 is 0. The average Bonchev–Trinajstić information content (AvgIpc) is 3.19. The number of aryl methyl sites for hydroxylation is 2. The van der Waals surface area contributed by atoms with Crippen LogP contribution in [-0.4, -0.2) is 25.4 Å². The van der Waals surface area contributed by atoms with Gasteiger partial charge in [0.25, 0.3) is 5.91 Å². The molecule has 0 radical (unpaired) electrons. The molecule has 0 aliphatic heterocycles. The minimum atomic E-state index is -0.168. The Morgan fingerprint density at radius 3 is 2.67 bits per heavy atom. The topological polar surface area (TPSA) is 84.7 Å². The summed E-state index contributed by atoms with van der Waals surface area (Å²) in [4.78, 5) is 26.1. The van der Waals surface area contributed by atoms with Crippen molar-refractivity contribution in [1.29, 1.82) is 0 Å². The summed E-state index contributed by atoms with van der Waals surface area (Å²) in [5.74, 6) is 0.301. The molecule has 5 aromatic rings. The molecule has 5 rings (SSSR count). The molecular weight excluding hydrogens is 412 g/mol. The number of nitrogens with zero attached hydrogens (tertiary/aromatic N) is 4. The molecular formula is C26H22N6O. The highest BCUT2D eigenvalue weighted by atomic mass is 16.1. The Bertz CT molecular complexity index is 1460. The Labute approximate surface area is 191 Å². The summed E-state index contributed by atoms with van der Waals surface area (Å²) in [6.07, 6.45) is 5.20. The molecule has 0 saturated heterocycles. The summed E-state index contributed by atoms with van der Waals surface area (Å²) < 4.78 is 1.90. The maximum atomic E-state index is 13.0. The summed E-state index contributed by atoms with van der Waals surface area (Å²) in [5, 5.41) is 7.30. The van der Waals surface area contributed by atoms with Gasteiger partial charge in [0, 0.05) is 53.5 Å². The van der Waals surface area contributed by atoms with Crippen molar-refractivity contribution in [1.82, 2.24) is 19.5 Å². The number of anilines is 3. The second-order valence-electron chi connectivity index (χ2n) is 7.76. The molecule has 3 aromatic heterocycles. The Hall–Kier alpha value is -4.52. The van der Waals surface area contributed by atoms with Gasteiger partial charge in [-0.25, -0.2) is 9.97 Å². The van der Waals surface area contributed by atoms with Gasteiger partial charge in [0.1, 0.15) is 5.69 Å². The van der Waals surface area contributed by atoms with E-state index in [9.17, 15) is 4.79 Å². The van der Waals surface area contributed by atoms with Gasteiger partial charge in [0.2, 0.25) is 5.95 Å². The van der Waals surface area contributed by atoms with E-state index in [1.54, 1.807) is 18.6 Å². The van der Waals surface area contributed by atoms with Crippen LogP contribution < -0.4 is 10.6 Å². The van der Waals surface area contributed by atoms with Crippen LogP contribution in [0.25, 0.3) is 22.2 Å². The molecule has 0 aliphatic rings. The SMILES string of the molecule is Cc1ccc(NC(=O)c2cc3ccccc3n2C)cc1Nc1nccc(-c2cccnc2)n1. The smallest absolute Gasteiger partial charge is 0.272 e. The lowest BCUT2D eigenvalue weighted by atomic mass is 10.1. The van der Waals surface area contributed by atoms with Gasteiger partial charge >= 0.3 is 0 Å². The van der Waals surface area contributed by atoms with Crippen LogP contribution in [-0.2, 0) is 7.05 Å². The number of carbonyl (C=O) groups excluding carboxylic acids is 1. The van der Waals surface area contributed by atoms with Crippen LogP contribution in [0.5, 0.6) is 0 Å². The fourth-order valence-electron chi connectivity index (χ4n) is 3.75. The molecule has 33 heavy (non-hydrogen) atoms. The highest BCUT2D eigenvalue weighted by Crippen LogP contribution is 2.25. The number of fused-ring (bicyclic) bond motifs is 1. The molecule has 0 saturated carbocycles. The maximum absolute atomic E-state index is 13.0. The molecule has 0 atom stereocenters. The quantitative estimate of drug-likeness (QED) is 0.390. The predicted octanol–water partition coefficient (Wildman–Crippen LogP) is 5.33. The van der Waals surface area contributed by atoms with E-state index < -0.39 is 0 Å². The van der Waals surface area contributed by atoms with Crippen molar-refractivity contribution in [2.45, 2.75) is 6.92 Å². The number of benzene rings is 2. The Morgan fingerprint density at radius 2 is 1.85 bits per heavy atom. The van der Waals surface area contributed by atoms with E-state index in [0.29, 0.717) is 17.3 Å². The lowest BCUT2D eigenvalue weighted by Gasteiger charge is -2.12. The monoisotopic (exact) mass is 434 g/mol. The molecule has 162 valence electrons. The van der Waals surface area contributed by atoms with Gasteiger partial charge in [-0.3, -0.25) is 9.78 Å². The number of hydrogen-bond donors (Lipinski definition) is 2. The minimum Gasteiger partial charge on any atom is -0.340 e. The van der Waals surface area contributed by atoms with Crippen LogP contribution in [0.15, 0.2) is 85.3 Å². The van der Waals surface area contributed by atoms with Gasteiger partial charge in [-0.1, -0.05) is 24.3 Å². The standard InChI is InChI=1S/C26H22N6O/c1-17-9-10-20(29-25(33)24-14-18-6-3-4-8-23(18)32(24)2)15-22(17)31-26-28-13-11-21(30-26)19-7-5-12-27-16-19/h3-16H,1-2H3,(H,29,33)(H,28,30,31). The average molecular weight is 435 g/mol. The van der Waals surface area contributed by atoms with Crippen LogP contribution >= 0.6 is 0 Å². The number of para-hydroxylation sites is 1. The van der Waals surface area contributed by atoms with Crippen LogP contribution in [0, 0.1) is 6.92 Å². The number of nitrogens with one attached hydrogen (secondary N) is 2. The molecule has 2 N–H and O–H groups in total. The number of carbonyl (C=O) groups is 1. The van der Waals surface area contributed by atoms with Crippen LogP contribution in [0.1, 0.15) is 16.1 Å². The zero-order chi connectivity index (χ0) is 22.8. The number of hydrogen-bond acceptors (Lipinski definition) is 5. The first kappa shape index (κ1) is 20.4. The highest BCUT2D eigenvalue weighted by molar-refractivity contribution is 6.06. The lowest BCUT2D eigenvalue weighted by molar-refractivity contribution is 0.102. The minimum absolute atomic E-state index is 0.168. The van der Waals surface area contributed by atoms with E-state index in [2.05, 4.69) is 25.6 Å². The predicted molar refractivity (Wildman–Crippen MR) is 131 cm³/mol. The van der Waals surface area contributed by atoms with Gasteiger partial charge in [-0.2, -0.15) is 0 Å². The number of amides is 1. The van der Waals surface area contributed by atoms with Crippen molar-refractivity contribution >= 4 is 34.1 Å². The normalized spacial score (nSPS) is 10.8. The fraction of sp³-hybridized carbons (Fsp3) is 0.0769. The van der Waals surface area contributed by atoms with E-state index in [1.807, 2.05) is 85.3 Å². The Balaban J connectivity index is 1.38. The van der Waals surface area contributed by atoms with Gasteiger partial charge in [-0.15, -0.1) is 0 Å². The molecule has 0 fully saturated rings. The first-order chi connectivity index (χ1) is 16.1. The van der Waals surface area contributed by atoms with Gasteiger partial charge in [-0.05, 0) is 55.0 Å². The van der Waals surface area contributed by atoms with E-state index in [1.165, 1.54) is 0 Å². The largest absolute Gasteiger partial charge is 0.340 e. The third kappa shape index (κ3) is 4.16. The molecule has 0 aliphatic carbocycles. The third-order valence-corrected chi connectivity index (χ3v) is 5.54. The van der Waals surface area contributed by atoms with Crippen LogP contribution in [0.4, 0.5) is 17.3 Å². The van der Waals surface area contributed by atoms with Crippen molar-refractivity contribution in [2.75, 3.05) is 10.6 Å². The lowest BCUT2D eigenvalue weighted by Crippen LogP contribution is -2.15. The summed E-state index contributed by atoms with van der Waals surface area (Å²) in [6.45, 7) is 1.99. The Morgan fingerprint density at radius 1 is 0.970 bits per heavy atom. The van der Waals surface area contributed by atoms with E-state index in [0.717, 1.165) is 33.4 Å². The second kappa shape index (κ2) is 8.55.